The van der Waals surface area contributed by atoms with Gasteiger partial charge in [0.05, 0.1) is 16.3 Å². The van der Waals surface area contributed by atoms with Gasteiger partial charge in [-0.3, -0.25) is 15.2 Å². The molecule has 1 aromatic carbocycles. The van der Waals surface area contributed by atoms with Crippen LogP contribution in [0.15, 0.2) is 53.7 Å². The molecule has 21 heavy (non-hydrogen) atoms. The Morgan fingerprint density at radius 2 is 2.14 bits per heavy atom. The summed E-state index contributed by atoms with van der Waals surface area (Å²) >= 11 is 1.68. The van der Waals surface area contributed by atoms with Crippen LogP contribution in [0.4, 0.5) is 0 Å². The van der Waals surface area contributed by atoms with E-state index in [1.54, 1.807) is 17.8 Å². The van der Waals surface area contributed by atoms with Crippen molar-refractivity contribution < 1.29 is 4.79 Å². The summed E-state index contributed by atoms with van der Waals surface area (Å²) in [6.07, 6.45) is 1.53. The van der Waals surface area contributed by atoms with Crippen molar-refractivity contribution in [2.24, 2.45) is 5.84 Å². The molecule has 0 aliphatic carbocycles. The second-order valence-electron chi connectivity index (χ2n) is 4.52. The van der Waals surface area contributed by atoms with E-state index < -0.39 is 0 Å². The molecular weight excluding hydrogens is 284 g/mol. The van der Waals surface area contributed by atoms with E-state index in [0.717, 1.165) is 22.0 Å². The van der Waals surface area contributed by atoms with Gasteiger partial charge in [0, 0.05) is 22.9 Å². The number of para-hydroxylation sites is 1. The van der Waals surface area contributed by atoms with Crippen molar-refractivity contribution in [3.63, 3.8) is 0 Å². The number of nitrogens with two attached hydrogens (primary N) is 1. The first kappa shape index (κ1) is 13.7. The molecule has 4 N–H and O–H groups in total. The van der Waals surface area contributed by atoms with Crippen LogP contribution in [0.5, 0.6) is 0 Å². The van der Waals surface area contributed by atoms with Crippen LogP contribution in [-0.4, -0.2) is 15.9 Å². The Balaban J connectivity index is 1.68. The van der Waals surface area contributed by atoms with Gasteiger partial charge >= 0.3 is 0 Å². The summed E-state index contributed by atoms with van der Waals surface area (Å²) in [4.78, 5) is 18.9. The molecule has 0 fully saturated rings. The zero-order valence-electron chi connectivity index (χ0n) is 11.2. The van der Waals surface area contributed by atoms with E-state index in [9.17, 15) is 4.79 Å². The van der Waals surface area contributed by atoms with Crippen LogP contribution < -0.4 is 11.3 Å². The standard InChI is InChI=1S/C15H14N4OS/c16-19-15(20)11-5-6-12(17-8-11)9-21-14-7-10-3-1-2-4-13(10)18-14/h1-8,18H,9,16H2,(H,19,20). The molecule has 0 spiro atoms. The molecule has 0 saturated heterocycles. The lowest BCUT2D eigenvalue weighted by molar-refractivity contribution is 0.0953. The van der Waals surface area contributed by atoms with Crippen molar-refractivity contribution in [2.75, 3.05) is 0 Å². The number of amides is 1. The maximum absolute atomic E-state index is 11.3. The van der Waals surface area contributed by atoms with E-state index in [0.29, 0.717) is 5.56 Å². The first-order chi connectivity index (χ1) is 10.3. The number of nitrogens with zero attached hydrogens (tertiary/aromatic N) is 1. The zero-order chi connectivity index (χ0) is 14.7. The van der Waals surface area contributed by atoms with E-state index in [1.165, 1.54) is 11.6 Å². The average Bonchev–Trinajstić information content (AvgIpc) is 2.95. The number of pyridine rings is 1. The van der Waals surface area contributed by atoms with Crippen molar-refractivity contribution in [3.8, 4) is 0 Å². The predicted molar refractivity (Wildman–Crippen MR) is 83.8 cm³/mol. The molecule has 2 aromatic heterocycles. The van der Waals surface area contributed by atoms with Crippen molar-refractivity contribution >= 4 is 28.6 Å². The number of fused-ring (bicyclic) bond motifs is 1. The summed E-state index contributed by atoms with van der Waals surface area (Å²) in [5.74, 6) is 5.48. The highest BCUT2D eigenvalue weighted by atomic mass is 32.2. The van der Waals surface area contributed by atoms with Crippen molar-refractivity contribution in [3.05, 3.63) is 59.9 Å². The van der Waals surface area contributed by atoms with Gasteiger partial charge in [-0.25, -0.2) is 5.84 Å². The number of carbonyl (C=O) groups excluding carboxylic acids is 1. The molecule has 0 aliphatic heterocycles. The number of hydrazine groups is 1. The van der Waals surface area contributed by atoms with Gasteiger partial charge in [0.15, 0.2) is 0 Å². The van der Waals surface area contributed by atoms with Gasteiger partial charge in [-0.05, 0) is 24.3 Å². The number of hydrogen-bond acceptors (Lipinski definition) is 4. The zero-order valence-corrected chi connectivity index (χ0v) is 12.0. The summed E-state index contributed by atoms with van der Waals surface area (Å²) < 4.78 is 0. The highest BCUT2D eigenvalue weighted by molar-refractivity contribution is 7.98. The Hall–Kier alpha value is -2.31. The molecule has 106 valence electrons. The normalized spacial score (nSPS) is 10.7. The third-order valence-corrected chi connectivity index (χ3v) is 4.07. The number of aromatic nitrogens is 2. The fourth-order valence-corrected chi connectivity index (χ4v) is 2.87. The number of aromatic amines is 1. The van der Waals surface area contributed by atoms with Crippen LogP contribution in [0, 0.1) is 0 Å². The molecular formula is C15H14N4OS. The first-order valence-electron chi connectivity index (χ1n) is 6.43. The molecule has 0 aliphatic rings. The monoisotopic (exact) mass is 298 g/mol. The Morgan fingerprint density at radius 3 is 2.86 bits per heavy atom. The molecule has 3 rings (SSSR count). The Kier molecular flexibility index (Phi) is 3.89. The second-order valence-corrected chi connectivity index (χ2v) is 5.54. The van der Waals surface area contributed by atoms with Gasteiger partial charge in [-0.1, -0.05) is 18.2 Å². The van der Waals surface area contributed by atoms with Crippen LogP contribution in [0.1, 0.15) is 16.1 Å². The summed E-state index contributed by atoms with van der Waals surface area (Å²) in [6, 6.07) is 13.8. The van der Waals surface area contributed by atoms with Crippen molar-refractivity contribution in [1.29, 1.82) is 0 Å². The summed E-state index contributed by atoms with van der Waals surface area (Å²) in [6.45, 7) is 0. The van der Waals surface area contributed by atoms with Gasteiger partial charge < -0.3 is 4.98 Å². The number of carbonyl (C=O) groups is 1. The minimum atomic E-state index is -0.336. The SMILES string of the molecule is NNC(=O)c1ccc(CSc2cc3ccccc3[nH]2)nc1. The molecule has 0 bridgehead atoms. The molecule has 3 aromatic rings. The molecule has 2 heterocycles. The minimum Gasteiger partial charge on any atom is -0.350 e. The van der Waals surface area contributed by atoms with Gasteiger partial charge in [0.1, 0.15) is 0 Å². The third-order valence-electron chi connectivity index (χ3n) is 3.10. The lowest BCUT2D eigenvalue weighted by atomic mass is 10.2. The maximum Gasteiger partial charge on any atom is 0.266 e. The summed E-state index contributed by atoms with van der Waals surface area (Å²) in [7, 11) is 0. The molecule has 5 nitrogen and oxygen atoms in total. The topological polar surface area (TPSA) is 83.8 Å². The van der Waals surface area contributed by atoms with Crippen molar-refractivity contribution in [1.82, 2.24) is 15.4 Å². The molecule has 0 unspecified atom stereocenters. The van der Waals surface area contributed by atoms with Gasteiger partial charge in [0.2, 0.25) is 0 Å². The fraction of sp³-hybridized carbons (Fsp3) is 0.0667. The van der Waals surface area contributed by atoms with Gasteiger partial charge in [-0.2, -0.15) is 0 Å². The van der Waals surface area contributed by atoms with E-state index in [-0.39, 0.29) is 5.91 Å². The van der Waals surface area contributed by atoms with Crippen LogP contribution in [0.3, 0.4) is 0 Å². The summed E-state index contributed by atoms with van der Waals surface area (Å²) in [5.41, 5.74) is 4.58. The Morgan fingerprint density at radius 1 is 1.29 bits per heavy atom. The highest BCUT2D eigenvalue weighted by Gasteiger charge is 2.05. The molecule has 0 radical (unpaired) electrons. The van der Waals surface area contributed by atoms with E-state index in [4.69, 9.17) is 5.84 Å². The highest BCUT2D eigenvalue weighted by Crippen LogP contribution is 2.25. The van der Waals surface area contributed by atoms with E-state index in [1.807, 2.05) is 18.2 Å². The quantitative estimate of drug-likeness (QED) is 0.299. The summed E-state index contributed by atoms with van der Waals surface area (Å²) in [5, 5.41) is 2.30. The van der Waals surface area contributed by atoms with Crippen LogP contribution in [-0.2, 0) is 5.75 Å². The number of thioether (sulfide) groups is 1. The fourth-order valence-electron chi connectivity index (χ4n) is 2.00. The largest absolute Gasteiger partial charge is 0.350 e. The number of benzene rings is 1. The minimum absolute atomic E-state index is 0.336. The molecule has 1 amide bonds. The lowest BCUT2D eigenvalue weighted by Crippen LogP contribution is -2.30. The Bertz CT molecular complexity index is 734. The maximum atomic E-state index is 11.3. The van der Waals surface area contributed by atoms with Crippen LogP contribution in [0.2, 0.25) is 0 Å². The number of H-pyrrole nitrogens is 1. The van der Waals surface area contributed by atoms with Crippen LogP contribution in [0.25, 0.3) is 10.9 Å². The molecule has 6 heteroatoms. The average molecular weight is 298 g/mol. The van der Waals surface area contributed by atoms with Crippen molar-refractivity contribution in [2.45, 2.75) is 10.8 Å². The van der Waals surface area contributed by atoms with Gasteiger partial charge in [-0.15, -0.1) is 11.8 Å². The number of rotatable bonds is 4. The number of nitrogen functional groups attached to an aromatic ring is 1. The smallest absolute Gasteiger partial charge is 0.266 e. The second kappa shape index (κ2) is 5.99. The first-order valence-corrected chi connectivity index (χ1v) is 7.41. The number of hydrogen-bond donors (Lipinski definition) is 3. The van der Waals surface area contributed by atoms with E-state index >= 15 is 0 Å². The molecule has 0 saturated carbocycles. The lowest BCUT2D eigenvalue weighted by Gasteiger charge is -2.02. The van der Waals surface area contributed by atoms with Crippen LogP contribution >= 0.6 is 11.8 Å². The predicted octanol–water partition coefficient (Wildman–Crippen LogP) is 2.46. The third kappa shape index (κ3) is 3.07. The van der Waals surface area contributed by atoms with Gasteiger partial charge in [0.25, 0.3) is 5.91 Å². The Labute approximate surface area is 125 Å². The van der Waals surface area contributed by atoms with E-state index in [2.05, 4.69) is 33.6 Å². The molecule has 0 atom stereocenters. The number of nitrogens with one attached hydrogen (secondary N) is 2.